The number of halogens is 5. The zero-order chi connectivity index (χ0) is 14.9. The molecule has 0 aliphatic rings. The second-order valence-electron chi connectivity index (χ2n) is 4.28. The standard InChI is InChI=1S/C14H10BrCl2F2N/c15-9-4-5-11(18)8(14(9)19)6-12(20)7-2-1-3-10(16)13(7)17/h1-5,12H,6,20H2. The maximum atomic E-state index is 13.9. The van der Waals surface area contributed by atoms with Crippen molar-refractivity contribution in [2.45, 2.75) is 12.5 Å². The summed E-state index contributed by atoms with van der Waals surface area (Å²) in [5.74, 6) is -1.29. The van der Waals surface area contributed by atoms with Crippen molar-refractivity contribution in [1.29, 1.82) is 0 Å². The molecule has 6 heteroatoms. The van der Waals surface area contributed by atoms with E-state index in [1.807, 2.05) is 0 Å². The summed E-state index contributed by atoms with van der Waals surface area (Å²) < 4.78 is 27.8. The second kappa shape index (κ2) is 6.39. The molecule has 0 bridgehead atoms. The molecule has 1 atom stereocenters. The maximum Gasteiger partial charge on any atom is 0.143 e. The summed E-state index contributed by atoms with van der Waals surface area (Å²) >= 11 is 15.0. The zero-order valence-corrected chi connectivity index (χ0v) is 13.2. The van der Waals surface area contributed by atoms with Crippen LogP contribution < -0.4 is 5.73 Å². The molecule has 1 unspecified atom stereocenters. The number of benzene rings is 2. The van der Waals surface area contributed by atoms with Crippen molar-refractivity contribution in [3.05, 3.63) is 67.6 Å². The summed E-state index contributed by atoms with van der Waals surface area (Å²) in [7, 11) is 0. The van der Waals surface area contributed by atoms with Crippen molar-refractivity contribution >= 4 is 39.1 Å². The minimum Gasteiger partial charge on any atom is -0.324 e. The number of rotatable bonds is 3. The SMILES string of the molecule is NC(Cc1c(F)ccc(Br)c1F)c1cccc(Cl)c1Cl. The highest BCUT2D eigenvalue weighted by Gasteiger charge is 2.19. The van der Waals surface area contributed by atoms with Gasteiger partial charge in [0, 0.05) is 11.6 Å². The Labute approximate surface area is 133 Å². The van der Waals surface area contributed by atoms with E-state index in [2.05, 4.69) is 15.9 Å². The van der Waals surface area contributed by atoms with Gasteiger partial charge in [0.25, 0.3) is 0 Å². The van der Waals surface area contributed by atoms with E-state index in [-0.39, 0.29) is 16.5 Å². The van der Waals surface area contributed by atoms with E-state index in [0.717, 1.165) is 0 Å². The molecule has 0 fully saturated rings. The molecule has 2 aromatic carbocycles. The van der Waals surface area contributed by atoms with Crippen LogP contribution in [0, 0.1) is 11.6 Å². The molecule has 0 amide bonds. The quantitative estimate of drug-likeness (QED) is 0.720. The molecule has 2 rings (SSSR count). The Morgan fingerprint density at radius 2 is 1.85 bits per heavy atom. The van der Waals surface area contributed by atoms with E-state index in [1.54, 1.807) is 18.2 Å². The Morgan fingerprint density at radius 3 is 2.55 bits per heavy atom. The highest BCUT2D eigenvalue weighted by Crippen LogP contribution is 2.32. The maximum absolute atomic E-state index is 13.9. The molecule has 0 aliphatic carbocycles. The van der Waals surface area contributed by atoms with Gasteiger partial charge in [-0.25, -0.2) is 8.78 Å². The third-order valence-electron chi connectivity index (χ3n) is 2.94. The number of hydrogen-bond acceptors (Lipinski definition) is 1. The lowest BCUT2D eigenvalue weighted by Gasteiger charge is -2.16. The van der Waals surface area contributed by atoms with E-state index in [0.29, 0.717) is 15.6 Å². The predicted octanol–water partition coefficient (Wildman–Crippen LogP) is 5.28. The van der Waals surface area contributed by atoms with Crippen LogP contribution in [0.2, 0.25) is 10.0 Å². The molecular formula is C14H10BrCl2F2N. The van der Waals surface area contributed by atoms with E-state index >= 15 is 0 Å². The first-order chi connectivity index (χ1) is 9.41. The van der Waals surface area contributed by atoms with Crippen molar-refractivity contribution in [2.75, 3.05) is 0 Å². The summed E-state index contributed by atoms with van der Waals surface area (Å²) in [6, 6.07) is 6.85. The fraction of sp³-hybridized carbons (Fsp3) is 0.143. The van der Waals surface area contributed by atoms with Gasteiger partial charge in [0.05, 0.1) is 14.5 Å². The van der Waals surface area contributed by atoms with Crippen LogP contribution in [0.3, 0.4) is 0 Å². The van der Waals surface area contributed by atoms with Gasteiger partial charge in [0.1, 0.15) is 11.6 Å². The normalized spacial score (nSPS) is 12.5. The van der Waals surface area contributed by atoms with Crippen molar-refractivity contribution < 1.29 is 8.78 Å². The summed E-state index contributed by atoms with van der Waals surface area (Å²) in [6.45, 7) is 0. The Morgan fingerprint density at radius 1 is 1.15 bits per heavy atom. The molecule has 20 heavy (non-hydrogen) atoms. The minimum absolute atomic E-state index is 0.0167. The first kappa shape index (κ1) is 15.7. The Bertz CT molecular complexity index is 649. The Balaban J connectivity index is 2.35. The van der Waals surface area contributed by atoms with Crippen LogP contribution in [0.15, 0.2) is 34.8 Å². The van der Waals surface area contributed by atoms with Crippen LogP contribution in [0.25, 0.3) is 0 Å². The lowest BCUT2D eigenvalue weighted by Crippen LogP contribution is -2.16. The van der Waals surface area contributed by atoms with E-state index in [9.17, 15) is 8.78 Å². The molecule has 0 radical (unpaired) electrons. The molecule has 1 nitrogen and oxygen atoms in total. The van der Waals surface area contributed by atoms with Crippen LogP contribution in [0.1, 0.15) is 17.2 Å². The molecule has 2 aromatic rings. The van der Waals surface area contributed by atoms with Gasteiger partial charge in [-0.1, -0.05) is 35.3 Å². The predicted molar refractivity (Wildman–Crippen MR) is 81.2 cm³/mol. The van der Waals surface area contributed by atoms with Gasteiger partial charge in [0.15, 0.2) is 0 Å². The van der Waals surface area contributed by atoms with Gasteiger partial charge in [-0.15, -0.1) is 0 Å². The molecule has 0 heterocycles. The summed E-state index contributed by atoms with van der Waals surface area (Å²) in [5, 5.41) is 0.660. The van der Waals surface area contributed by atoms with Crippen LogP contribution in [-0.4, -0.2) is 0 Å². The molecular weight excluding hydrogens is 371 g/mol. The van der Waals surface area contributed by atoms with Gasteiger partial charge >= 0.3 is 0 Å². The highest BCUT2D eigenvalue weighted by molar-refractivity contribution is 9.10. The molecule has 106 valence electrons. The van der Waals surface area contributed by atoms with Crippen molar-refractivity contribution in [2.24, 2.45) is 5.73 Å². The summed E-state index contributed by atoms with van der Waals surface area (Å²) in [4.78, 5) is 0. The highest BCUT2D eigenvalue weighted by atomic mass is 79.9. The average Bonchev–Trinajstić information content (AvgIpc) is 2.42. The molecule has 2 N–H and O–H groups in total. The summed E-state index contributed by atoms with van der Waals surface area (Å²) in [5.41, 5.74) is 6.47. The Kier molecular flexibility index (Phi) is 5.02. The molecule has 0 saturated carbocycles. The fourth-order valence-corrected chi connectivity index (χ4v) is 2.71. The minimum atomic E-state index is -0.654. The second-order valence-corrected chi connectivity index (χ2v) is 5.91. The molecule has 0 saturated heterocycles. The fourth-order valence-electron chi connectivity index (χ4n) is 1.89. The van der Waals surface area contributed by atoms with Gasteiger partial charge < -0.3 is 5.73 Å². The Hall–Kier alpha value is -0.680. The lowest BCUT2D eigenvalue weighted by atomic mass is 9.99. The van der Waals surface area contributed by atoms with Crippen molar-refractivity contribution in [3.8, 4) is 0 Å². The smallest absolute Gasteiger partial charge is 0.143 e. The van der Waals surface area contributed by atoms with Gasteiger partial charge in [-0.2, -0.15) is 0 Å². The van der Waals surface area contributed by atoms with Crippen molar-refractivity contribution in [3.63, 3.8) is 0 Å². The van der Waals surface area contributed by atoms with E-state index in [1.165, 1.54) is 12.1 Å². The first-order valence-corrected chi connectivity index (χ1v) is 7.28. The van der Waals surface area contributed by atoms with Crippen LogP contribution in [0.5, 0.6) is 0 Å². The zero-order valence-electron chi connectivity index (χ0n) is 10.1. The lowest BCUT2D eigenvalue weighted by molar-refractivity contribution is 0.536. The first-order valence-electron chi connectivity index (χ1n) is 5.73. The topological polar surface area (TPSA) is 26.0 Å². The van der Waals surface area contributed by atoms with Crippen LogP contribution in [-0.2, 0) is 6.42 Å². The van der Waals surface area contributed by atoms with Crippen LogP contribution in [0.4, 0.5) is 8.78 Å². The molecule has 0 spiro atoms. The van der Waals surface area contributed by atoms with Gasteiger partial charge in [0.2, 0.25) is 0 Å². The molecule has 0 aliphatic heterocycles. The molecule has 0 aromatic heterocycles. The van der Waals surface area contributed by atoms with Gasteiger partial charge in [-0.05, 0) is 46.1 Å². The van der Waals surface area contributed by atoms with E-state index in [4.69, 9.17) is 28.9 Å². The number of nitrogens with two attached hydrogens (primary N) is 1. The van der Waals surface area contributed by atoms with Crippen LogP contribution >= 0.6 is 39.1 Å². The van der Waals surface area contributed by atoms with Gasteiger partial charge in [-0.3, -0.25) is 0 Å². The third-order valence-corrected chi connectivity index (χ3v) is 4.39. The largest absolute Gasteiger partial charge is 0.324 e. The third kappa shape index (κ3) is 3.14. The number of hydrogen-bond donors (Lipinski definition) is 1. The average molecular weight is 381 g/mol. The summed E-state index contributed by atoms with van der Waals surface area (Å²) in [6.07, 6.45) is -0.0167. The van der Waals surface area contributed by atoms with Crippen molar-refractivity contribution in [1.82, 2.24) is 0 Å². The monoisotopic (exact) mass is 379 g/mol. The van der Waals surface area contributed by atoms with E-state index < -0.39 is 17.7 Å².